The van der Waals surface area contributed by atoms with Gasteiger partial charge < -0.3 is 9.66 Å². The molecule has 0 aliphatic carbocycles. The molecule has 5 nitrogen and oxygen atoms in total. The second kappa shape index (κ2) is 6.04. The Morgan fingerprint density at radius 2 is 2.00 bits per heavy atom. The van der Waals surface area contributed by atoms with E-state index in [1.54, 1.807) is 0 Å². The first-order valence-electron chi connectivity index (χ1n) is 2.26. The Hall–Kier alpha value is 1.47. The summed E-state index contributed by atoms with van der Waals surface area (Å²) >= 11 is 0. The molecule has 0 amide bonds. The number of hydrogen-bond acceptors (Lipinski definition) is 4. The van der Waals surface area contributed by atoms with Crippen LogP contribution in [0.4, 0.5) is 0 Å². The SMILES string of the molecule is CN(CCO)S(=O)(=O)[O-].[K+]. The Kier molecular flexibility index (Phi) is 8.46. The summed E-state index contributed by atoms with van der Waals surface area (Å²) in [7, 11) is -3.23. The van der Waals surface area contributed by atoms with Crippen molar-refractivity contribution < 1.29 is 69.5 Å². The van der Waals surface area contributed by atoms with E-state index in [4.69, 9.17) is 5.11 Å². The Labute approximate surface area is 103 Å². The van der Waals surface area contributed by atoms with Gasteiger partial charge in [-0.3, -0.25) is 0 Å². The van der Waals surface area contributed by atoms with E-state index in [9.17, 15) is 13.0 Å². The van der Waals surface area contributed by atoms with Gasteiger partial charge in [0.1, 0.15) is 0 Å². The Bertz CT molecular complexity index is 167. The fourth-order valence-corrected chi connectivity index (χ4v) is 0.558. The van der Waals surface area contributed by atoms with Gasteiger partial charge in [0.25, 0.3) is 0 Å². The molecular weight excluding hydrogens is 185 g/mol. The minimum absolute atomic E-state index is 0. The molecule has 0 atom stereocenters. The molecule has 0 spiro atoms. The predicted octanol–water partition coefficient (Wildman–Crippen LogP) is -4.63. The van der Waals surface area contributed by atoms with Crippen molar-refractivity contribution >= 4 is 10.3 Å². The first-order chi connectivity index (χ1) is 3.98. The van der Waals surface area contributed by atoms with Crippen molar-refractivity contribution in [3.05, 3.63) is 0 Å². The maximum absolute atomic E-state index is 9.98. The number of aliphatic hydroxyl groups is 1. The molecule has 0 rings (SSSR count). The van der Waals surface area contributed by atoms with Crippen LogP contribution in [0.3, 0.4) is 0 Å². The fourth-order valence-electron chi connectivity index (χ4n) is 0.253. The maximum Gasteiger partial charge on any atom is 1.00 e. The predicted molar refractivity (Wildman–Crippen MR) is 29.4 cm³/mol. The van der Waals surface area contributed by atoms with E-state index in [0.717, 1.165) is 7.05 Å². The summed E-state index contributed by atoms with van der Waals surface area (Å²) in [6.45, 7) is -0.482. The van der Waals surface area contributed by atoms with E-state index in [0.29, 0.717) is 4.31 Å². The molecule has 10 heavy (non-hydrogen) atoms. The van der Waals surface area contributed by atoms with Gasteiger partial charge in [0.2, 0.25) is 0 Å². The van der Waals surface area contributed by atoms with Gasteiger partial charge in [-0.2, -0.15) is 0 Å². The molecule has 0 radical (unpaired) electrons. The molecule has 0 aromatic carbocycles. The van der Waals surface area contributed by atoms with Gasteiger partial charge in [-0.1, -0.05) is 0 Å². The first kappa shape index (κ1) is 14.0. The van der Waals surface area contributed by atoms with Gasteiger partial charge in [-0.05, 0) is 0 Å². The maximum atomic E-state index is 9.98. The van der Waals surface area contributed by atoms with E-state index < -0.39 is 10.3 Å². The summed E-state index contributed by atoms with van der Waals surface area (Å²) < 4.78 is 30.5. The van der Waals surface area contributed by atoms with Gasteiger partial charge in [0.05, 0.1) is 6.61 Å². The molecule has 0 heterocycles. The molecule has 0 aliphatic heterocycles. The molecule has 0 saturated carbocycles. The zero-order valence-corrected chi connectivity index (χ0v) is 9.88. The van der Waals surface area contributed by atoms with Crippen molar-refractivity contribution in [3.8, 4) is 0 Å². The van der Waals surface area contributed by atoms with Crippen molar-refractivity contribution in [2.75, 3.05) is 20.2 Å². The van der Waals surface area contributed by atoms with Crippen molar-refractivity contribution in [1.29, 1.82) is 0 Å². The van der Waals surface area contributed by atoms with Crippen LogP contribution in [0, 0.1) is 0 Å². The van der Waals surface area contributed by atoms with Crippen LogP contribution in [-0.4, -0.2) is 42.6 Å². The minimum Gasteiger partial charge on any atom is -0.735 e. The van der Waals surface area contributed by atoms with Crippen LogP contribution >= 0.6 is 0 Å². The molecule has 0 aromatic rings. The van der Waals surface area contributed by atoms with E-state index in [1.165, 1.54) is 0 Å². The average Bonchev–Trinajstić information content (AvgIpc) is 1.64. The van der Waals surface area contributed by atoms with E-state index in [-0.39, 0.29) is 64.5 Å². The number of hydrogen-bond donors (Lipinski definition) is 1. The smallest absolute Gasteiger partial charge is 0.735 e. The number of aliphatic hydroxyl groups excluding tert-OH is 1. The summed E-state index contributed by atoms with van der Waals surface area (Å²) in [5.74, 6) is 0. The monoisotopic (exact) mass is 193 g/mol. The normalized spacial score (nSPS) is 11.2. The summed E-state index contributed by atoms with van der Waals surface area (Å²) in [5.41, 5.74) is 0. The Morgan fingerprint density at radius 1 is 1.60 bits per heavy atom. The molecule has 0 fully saturated rings. The minimum atomic E-state index is -4.34. The fraction of sp³-hybridized carbons (Fsp3) is 1.00. The van der Waals surface area contributed by atoms with Crippen LogP contribution in [0.25, 0.3) is 0 Å². The second-order valence-electron chi connectivity index (χ2n) is 1.50. The van der Waals surface area contributed by atoms with E-state index in [1.807, 2.05) is 0 Å². The molecular formula is C3H8KNO4S. The van der Waals surface area contributed by atoms with Crippen LogP contribution in [0.2, 0.25) is 0 Å². The third kappa shape index (κ3) is 6.19. The molecule has 0 saturated heterocycles. The van der Waals surface area contributed by atoms with Crippen molar-refractivity contribution in [3.63, 3.8) is 0 Å². The standard InChI is InChI=1S/C3H9NO4S.K/c1-4(2-3-5)9(6,7)8;/h5H,2-3H2,1H3,(H,6,7,8);/q;+1/p-1. The molecule has 0 bridgehead atoms. The quantitative estimate of drug-likeness (QED) is 0.361. The summed E-state index contributed by atoms with van der Waals surface area (Å²) in [6, 6.07) is 0. The number of nitrogens with zero attached hydrogens (tertiary/aromatic N) is 1. The number of likely N-dealkylation sites (N-methyl/N-ethyl adjacent to an activating group) is 1. The van der Waals surface area contributed by atoms with Crippen molar-refractivity contribution in [2.24, 2.45) is 0 Å². The molecule has 0 aromatic heterocycles. The summed E-state index contributed by atoms with van der Waals surface area (Å²) in [5, 5.41) is 8.16. The Morgan fingerprint density at radius 3 is 2.10 bits per heavy atom. The Balaban J connectivity index is 0. The van der Waals surface area contributed by atoms with E-state index in [2.05, 4.69) is 0 Å². The molecule has 1 N–H and O–H groups in total. The molecule has 56 valence electrons. The van der Waals surface area contributed by atoms with Crippen LogP contribution in [0.5, 0.6) is 0 Å². The number of rotatable bonds is 3. The molecule has 7 heteroatoms. The zero-order chi connectivity index (χ0) is 7.49. The third-order valence-corrected chi connectivity index (χ3v) is 1.74. The third-order valence-electron chi connectivity index (χ3n) is 0.797. The first-order valence-corrected chi connectivity index (χ1v) is 3.63. The zero-order valence-electron chi connectivity index (χ0n) is 5.94. The van der Waals surface area contributed by atoms with Gasteiger partial charge in [0, 0.05) is 13.6 Å². The van der Waals surface area contributed by atoms with Gasteiger partial charge in [-0.25, -0.2) is 12.7 Å². The van der Waals surface area contributed by atoms with Crippen molar-refractivity contribution in [1.82, 2.24) is 4.31 Å². The van der Waals surface area contributed by atoms with Crippen LogP contribution in [0.1, 0.15) is 0 Å². The topological polar surface area (TPSA) is 80.7 Å². The molecule has 0 aliphatic rings. The van der Waals surface area contributed by atoms with Gasteiger partial charge >= 0.3 is 51.4 Å². The van der Waals surface area contributed by atoms with Gasteiger partial charge in [0.15, 0.2) is 10.3 Å². The van der Waals surface area contributed by atoms with Gasteiger partial charge in [-0.15, -0.1) is 0 Å². The summed E-state index contributed by atoms with van der Waals surface area (Å²) in [6.07, 6.45) is 0. The van der Waals surface area contributed by atoms with E-state index >= 15 is 0 Å². The summed E-state index contributed by atoms with van der Waals surface area (Å²) in [4.78, 5) is 0. The van der Waals surface area contributed by atoms with Crippen LogP contribution < -0.4 is 51.4 Å². The van der Waals surface area contributed by atoms with Crippen LogP contribution in [0.15, 0.2) is 0 Å². The largest absolute Gasteiger partial charge is 1.00 e. The molecule has 0 unspecified atom stereocenters. The second-order valence-corrected chi connectivity index (χ2v) is 2.98. The van der Waals surface area contributed by atoms with Crippen LogP contribution in [-0.2, 0) is 10.3 Å². The van der Waals surface area contributed by atoms with Crippen molar-refractivity contribution in [2.45, 2.75) is 0 Å². The average molecular weight is 193 g/mol.